The molecule has 3 aromatic rings. The fraction of sp³-hybridized carbons (Fsp3) is 0.640. The molecule has 2 aliphatic heterocycles. The lowest BCUT2D eigenvalue weighted by molar-refractivity contribution is 0.0331. The molecular weight excluding hydrogens is 464 g/mol. The molecule has 0 N–H and O–H groups in total. The molecule has 0 radical (unpaired) electrons. The van der Waals surface area contributed by atoms with Crippen LogP contribution in [-0.4, -0.2) is 77.2 Å². The predicted molar refractivity (Wildman–Crippen MR) is 139 cm³/mol. The van der Waals surface area contributed by atoms with E-state index >= 15 is 0 Å². The highest BCUT2D eigenvalue weighted by atomic mass is 32.1. The molecule has 0 saturated carbocycles. The van der Waals surface area contributed by atoms with Gasteiger partial charge in [-0.15, -0.1) is 22.7 Å². The number of nitrogens with zero attached hydrogens (tertiary/aromatic N) is 6. The fourth-order valence-corrected chi connectivity index (χ4v) is 7.45. The largest absolute Gasteiger partial charge is 0.379 e. The fourth-order valence-electron chi connectivity index (χ4n) is 5.45. The van der Waals surface area contributed by atoms with Gasteiger partial charge in [-0.1, -0.05) is 6.92 Å². The third-order valence-corrected chi connectivity index (χ3v) is 9.35. The molecule has 34 heavy (non-hydrogen) atoms. The first-order valence-corrected chi connectivity index (χ1v) is 14.3. The van der Waals surface area contributed by atoms with E-state index in [-0.39, 0.29) is 0 Å². The molecule has 0 spiro atoms. The molecule has 2 saturated heterocycles. The SMILES string of the molecule is Cc1nc(CN2CCN(c3nc(CN4CCOCC4)nc4sc5c(c34)CC[C@@H](C)C5)CC2)cs1. The van der Waals surface area contributed by atoms with Crippen LogP contribution in [0, 0.1) is 12.8 Å². The Hall–Kier alpha value is -1.65. The summed E-state index contributed by atoms with van der Waals surface area (Å²) >= 11 is 3.67. The quantitative estimate of drug-likeness (QED) is 0.531. The van der Waals surface area contributed by atoms with Crippen molar-refractivity contribution < 1.29 is 4.74 Å². The third kappa shape index (κ3) is 4.73. The Labute approximate surface area is 209 Å². The van der Waals surface area contributed by atoms with Gasteiger partial charge >= 0.3 is 0 Å². The minimum absolute atomic E-state index is 0.766. The van der Waals surface area contributed by atoms with Crippen molar-refractivity contribution in [1.29, 1.82) is 0 Å². The van der Waals surface area contributed by atoms with Crippen LogP contribution < -0.4 is 4.90 Å². The highest BCUT2D eigenvalue weighted by molar-refractivity contribution is 7.19. The van der Waals surface area contributed by atoms with E-state index in [1.807, 2.05) is 11.3 Å². The number of aryl methyl sites for hydroxylation is 2. The minimum atomic E-state index is 0.766. The molecule has 1 aliphatic carbocycles. The normalized spacial score (nSPS) is 22.4. The maximum Gasteiger partial charge on any atom is 0.146 e. The Morgan fingerprint density at radius 1 is 1.00 bits per heavy atom. The molecule has 1 atom stereocenters. The zero-order valence-corrected chi connectivity index (χ0v) is 21.9. The Morgan fingerprint density at radius 3 is 2.56 bits per heavy atom. The van der Waals surface area contributed by atoms with Crippen LogP contribution in [0.25, 0.3) is 10.2 Å². The van der Waals surface area contributed by atoms with Crippen LogP contribution >= 0.6 is 22.7 Å². The van der Waals surface area contributed by atoms with Crippen molar-refractivity contribution in [2.45, 2.75) is 46.2 Å². The summed E-state index contributed by atoms with van der Waals surface area (Å²) in [6.45, 7) is 13.9. The average molecular weight is 499 g/mol. The summed E-state index contributed by atoms with van der Waals surface area (Å²) in [5.41, 5.74) is 2.74. The summed E-state index contributed by atoms with van der Waals surface area (Å²) in [7, 11) is 0. The third-order valence-electron chi connectivity index (χ3n) is 7.38. The molecule has 6 rings (SSSR count). The molecule has 7 nitrogen and oxygen atoms in total. The van der Waals surface area contributed by atoms with Crippen LogP contribution in [0.5, 0.6) is 0 Å². The first-order valence-electron chi connectivity index (χ1n) is 12.6. The highest BCUT2D eigenvalue weighted by Gasteiger charge is 2.28. The van der Waals surface area contributed by atoms with E-state index in [9.17, 15) is 0 Å². The molecule has 3 aromatic heterocycles. The smallest absolute Gasteiger partial charge is 0.146 e. The van der Waals surface area contributed by atoms with Crippen molar-refractivity contribution in [3.63, 3.8) is 0 Å². The molecule has 2 fully saturated rings. The Kier molecular flexibility index (Phi) is 6.55. The van der Waals surface area contributed by atoms with Crippen LogP contribution in [0.2, 0.25) is 0 Å². The first-order chi connectivity index (χ1) is 16.6. The van der Waals surface area contributed by atoms with Crippen molar-refractivity contribution in [1.82, 2.24) is 24.8 Å². The molecule has 0 bridgehead atoms. The van der Waals surface area contributed by atoms with Gasteiger partial charge in [0.1, 0.15) is 16.5 Å². The number of piperazine rings is 1. The van der Waals surface area contributed by atoms with Gasteiger partial charge in [0.05, 0.1) is 35.8 Å². The van der Waals surface area contributed by atoms with E-state index in [0.29, 0.717) is 0 Å². The monoisotopic (exact) mass is 498 g/mol. The zero-order valence-electron chi connectivity index (χ0n) is 20.3. The van der Waals surface area contributed by atoms with Gasteiger partial charge in [-0.3, -0.25) is 9.80 Å². The van der Waals surface area contributed by atoms with Crippen LogP contribution in [0.4, 0.5) is 5.82 Å². The van der Waals surface area contributed by atoms with Gasteiger partial charge in [-0.2, -0.15) is 0 Å². The van der Waals surface area contributed by atoms with E-state index in [4.69, 9.17) is 14.7 Å². The molecule has 0 aromatic carbocycles. The van der Waals surface area contributed by atoms with Gasteiger partial charge in [0, 0.05) is 56.1 Å². The summed E-state index contributed by atoms with van der Waals surface area (Å²) < 4.78 is 5.55. The number of morpholine rings is 1. The van der Waals surface area contributed by atoms with Crippen molar-refractivity contribution in [2.24, 2.45) is 5.92 Å². The number of thiazole rings is 1. The molecular formula is C25H34N6OS2. The van der Waals surface area contributed by atoms with Gasteiger partial charge in [0.25, 0.3) is 0 Å². The minimum Gasteiger partial charge on any atom is -0.379 e. The van der Waals surface area contributed by atoms with E-state index in [1.54, 1.807) is 16.2 Å². The van der Waals surface area contributed by atoms with Crippen molar-refractivity contribution in [2.75, 3.05) is 57.4 Å². The van der Waals surface area contributed by atoms with Crippen molar-refractivity contribution in [3.05, 3.63) is 32.3 Å². The molecule has 182 valence electrons. The maximum atomic E-state index is 5.55. The van der Waals surface area contributed by atoms with Gasteiger partial charge in [-0.05, 0) is 37.7 Å². The zero-order chi connectivity index (χ0) is 23.1. The second-order valence-electron chi connectivity index (χ2n) is 10.0. The molecule has 0 unspecified atom stereocenters. The second-order valence-corrected chi connectivity index (χ2v) is 12.2. The molecule has 0 amide bonds. The Bertz CT molecular complexity index is 1150. The van der Waals surface area contributed by atoms with Gasteiger partial charge in [-0.25, -0.2) is 15.0 Å². The lowest BCUT2D eigenvalue weighted by Gasteiger charge is -2.36. The van der Waals surface area contributed by atoms with E-state index in [2.05, 4.69) is 38.9 Å². The predicted octanol–water partition coefficient (Wildman–Crippen LogP) is 3.74. The van der Waals surface area contributed by atoms with Crippen LogP contribution in [-0.2, 0) is 30.7 Å². The summed E-state index contributed by atoms with van der Waals surface area (Å²) in [4.78, 5) is 25.3. The van der Waals surface area contributed by atoms with Gasteiger partial charge < -0.3 is 9.64 Å². The standard InChI is InChI=1S/C25H34N6OS2/c1-17-3-4-20-21(13-17)34-25-23(20)24(27-22(28-25)15-30-9-11-32-12-10-30)31-7-5-29(6-8-31)14-19-16-33-18(2)26-19/h16-17H,3-15H2,1-2H3/t17-/m1/s1. The van der Waals surface area contributed by atoms with E-state index < -0.39 is 0 Å². The number of hydrogen-bond donors (Lipinski definition) is 0. The number of thiophene rings is 1. The Balaban J connectivity index is 1.27. The number of ether oxygens (including phenoxy) is 1. The van der Waals surface area contributed by atoms with E-state index in [0.717, 1.165) is 82.3 Å². The maximum absolute atomic E-state index is 5.55. The van der Waals surface area contributed by atoms with Gasteiger partial charge in [0.2, 0.25) is 0 Å². The van der Waals surface area contributed by atoms with Crippen molar-refractivity contribution >= 4 is 38.7 Å². The topological polar surface area (TPSA) is 57.6 Å². The van der Waals surface area contributed by atoms with Crippen LogP contribution in [0.3, 0.4) is 0 Å². The summed E-state index contributed by atoms with van der Waals surface area (Å²) in [5, 5.41) is 4.70. The highest BCUT2D eigenvalue weighted by Crippen LogP contribution is 2.41. The summed E-state index contributed by atoms with van der Waals surface area (Å²) in [5.74, 6) is 2.92. The Morgan fingerprint density at radius 2 is 1.79 bits per heavy atom. The first kappa shape index (κ1) is 22.8. The van der Waals surface area contributed by atoms with E-state index in [1.165, 1.54) is 46.6 Å². The lowest BCUT2D eigenvalue weighted by atomic mass is 9.89. The van der Waals surface area contributed by atoms with Crippen molar-refractivity contribution in [3.8, 4) is 0 Å². The van der Waals surface area contributed by atoms with Crippen LogP contribution in [0.1, 0.15) is 40.3 Å². The number of hydrogen-bond acceptors (Lipinski definition) is 9. The number of aromatic nitrogens is 3. The molecule has 3 aliphatic rings. The molecule has 5 heterocycles. The second kappa shape index (κ2) is 9.78. The average Bonchev–Trinajstić information content (AvgIpc) is 3.41. The van der Waals surface area contributed by atoms with Crippen LogP contribution in [0.15, 0.2) is 5.38 Å². The number of rotatable bonds is 5. The van der Waals surface area contributed by atoms with Gasteiger partial charge in [0.15, 0.2) is 0 Å². The lowest BCUT2D eigenvalue weighted by Crippen LogP contribution is -2.46. The number of anilines is 1. The summed E-state index contributed by atoms with van der Waals surface area (Å²) in [6.07, 6.45) is 3.63. The summed E-state index contributed by atoms with van der Waals surface area (Å²) in [6, 6.07) is 0. The number of fused-ring (bicyclic) bond motifs is 3. The molecule has 9 heteroatoms.